The van der Waals surface area contributed by atoms with Crippen molar-refractivity contribution in [3.8, 4) is 0 Å². The quantitative estimate of drug-likeness (QED) is 0.681. The van der Waals surface area contributed by atoms with Gasteiger partial charge in [0.2, 0.25) is 6.43 Å². The summed E-state index contributed by atoms with van der Waals surface area (Å²) in [4.78, 5) is 2.09. The Bertz CT molecular complexity index is 141. The Morgan fingerprint density at radius 2 is 2.25 bits per heavy atom. The third-order valence-corrected chi connectivity index (χ3v) is 2.49. The maximum Gasteiger partial charge on any atom is 0.239 e. The standard InChI is InChI=1S/C8H16F2N2/c1-12-3-2-6(4-8(9)10)7(11)5-12/h6-8H,2-5,11H2,1H3. The highest BCUT2D eigenvalue weighted by atomic mass is 19.3. The van der Waals surface area contributed by atoms with Crippen LogP contribution in [0.3, 0.4) is 0 Å². The average molecular weight is 178 g/mol. The minimum atomic E-state index is -2.20. The van der Waals surface area contributed by atoms with Gasteiger partial charge < -0.3 is 10.6 Å². The Labute approximate surface area is 71.7 Å². The largest absolute Gasteiger partial charge is 0.326 e. The van der Waals surface area contributed by atoms with Gasteiger partial charge >= 0.3 is 0 Å². The molecule has 2 N–H and O–H groups in total. The van der Waals surface area contributed by atoms with E-state index in [0.717, 1.165) is 19.5 Å². The topological polar surface area (TPSA) is 29.3 Å². The maximum absolute atomic E-state index is 12.0. The third-order valence-electron chi connectivity index (χ3n) is 2.49. The van der Waals surface area contributed by atoms with Gasteiger partial charge in [0.15, 0.2) is 0 Å². The van der Waals surface area contributed by atoms with Crippen LogP contribution in [0.1, 0.15) is 12.8 Å². The summed E-state index contributed by atoms with van der Waals surface area (Å²) in [5, 5.41) is 0. The molecule has 0 aromatic heterocycles. The van der Waals surface area contributed by atoms with Crippen LogP contribution in [0.25, 0.3) is 0 Å². The van der Waals surface area contributed by atoms with Crippen molar-refractivity contribution in [1.29, 1.82) is 0 Å². The van der Waals surface area contributed by atoms with E-state index in [1.807, 2.05) is 7.05 Å². The van der Waals surface area contributed by atoms with Crippen molar-refractivity contribution in [2.75, 3.05) is 20.1 Å². The van der Waals surface area contributed by atoms with Gasteiger partial charge in [-0.15, -0.1) is 0 Å². The second-order valence-corrected chi connectivity index (χ2v) is 3.60. The van der Waals surface area contributed by atoms with E-state index in [4.69, 9.17) is 5.73 Å². The molecule has 1 fully saturated rings. The molecule has 0 aromatic rings. The fraction of sp³-hybridized carbons (Fsp3) is 1.00. The number of likely N-dealkylation sites (N-methyl/N-ethyl adjacent to an activating group) is 1. The molecule has 1 saturated heterocycles. The van der Waals surface area contributed by atoms with E-state index >= 15 is 0 Å². The molecule has 1 rings (SSSR count). The van der Waals surface area contributed by atoms with Gasteiger partial charge in [-0.25, -0.2) is 8.78 Å². The molecule has 2 nitrogen and oxygen atoms in total. The van der Waals surface area contributed by atoms with E-state index in [2.05, 4.69) is 4.90 Å². The highest BCUT2D eigenvalue weighted by molar-refractivity contribution is 4.81. The van der Waals surface area contributed by atoms with Gasteiger partial charge in [-0.2, -0.15) is 0 Å². The summed E-state index contributed by atoms with van der Waals surface area (Å²) in [6.07, 6.45) is -1.43. The second kappa shape index (κ2) is 4.14. The molecule has 4 heteroatoms. The maximum atomic E-state index is 12.0. The third kappa shape index (κ3) is 2.68. The van der Waals surface area contributed by atoms with Gasteiger partial charge in [-0.05, 0) is 25.9 Å². The lowest BCUT2D eigenvalue weighted by Crippen LogP contribution is -2.47. The Hall–Kier alpha value is -0.220. The van der Waals surface area contributed by atoms with E-state index in [0.29, 0.717) is 0 Å². The lowest BCUT2D eigenvalue weighted by molar-refractivity contribution is 0.0826. The molecule has 0 amide bonds. The number of nitrogens with zero attached hydrogens (tertiary/aromatic N) is 1. The molecule has 12 heavy (non-hydrogen) atoms. The first-order chi connectivity index (χ1) is 5.59. The van der Waals surface area contributed by atoms with Crippen LogP contribution in [0.4, 0.5) is 8.78 Å². The van der Waals surface area contributed by atoms with Gasteiger partial charge in [-0.1, -0.05) is 0 Å². The van der Waals surface area contributed by atoms with Crippen molar-refractivity contribution >= 4 is 0 Å². The van der Waals surface area contributed by atoms with E-state index in [1.165, 1.54) is 0 Å². The number of hydrogen-bond donors (Lipinski definition) is 1. The highest BCUT2D eigenvalue weighted by Crippen LogP contribution is 2.21. The first kappa shape index (κ1) is 9.86. The summed E-state index contributed by atoms with van der Waals surface area (Å²) >= 11 is 0. The Morgan fingerprint density at radius 3 is 2.75 bits per heavy atom. The number of halogens is 2. The van der Waals surface area contributed by atoms with E-state index in [9.17, 15) is 8.78 Å². The van der Waals surface area contributed by atoms with Crippen molar-refractivity contribution in [2.24, 2.45) is 11.7 Å². The molecular weight excluding hydrogens is 162 g/mol. The number of hydrogen-bond acceptors (Lipinski definition) is 2. The van der Waals surface area contributed by atoms with Gasteiger partial charge in [0.05, 0.1) is 0 Å². The fourth-order valence-electron chi connectivity index (χ4n) is 1.72. The normalized spacial score (nSPS) is 32.8. The summed E-state index contributed by atoms with van der Waals surface area (Å²) in [5.41, 5.74) is 5.74. The van der Waals surface area contributed by atoms with Crippen LogP contribution in [-0.2, 0) is 0 Å². The van der Waals surface area contributed by atoms with Crippen LogP contribution in [0, 0.1) is 5.92 Å². The number of alkyl halides is 2. The Morgan fingerprint density at radius 1 is 1.58 bits per heavy atom. The molecular formula is C8H16F2N2. The van der Waals surface area contributed by atoms with Crippen LogP contribution in [0.2, 0.25) is 0 Å². The number of rotatable bonds is 2. The van der Waals surface area contributed by atoms with Crippen LogP contribution in [0.5, 0.6) is 0 Å². The van der Waals surface area contributed by atoms with Crippen molar-refractivity contribution < 1.29 is 8.78 Å². The summed E-state index contributed by atoms with van der Waals surface area (Å²) in [5.74, 6) is 0.0150. The first-order valence-electron chi connectivity index (χ1n) is 4.32. The fourth-order valence-corrected chi connectivity index (χ4v) is 1.72. The summed E-state index contributed by atoms with van der Waals surface area (Å²) in [6.45, 7) is 1.64. The molecule has 0 aromatic carbocycles. The van der Waals surface area contributed by atoms with Crippen LogP contribution in [-0.4, -0.2) is 37.5 Å². The predicted octanol–water partition coefficient (Wildman–Crippen LogP) is 0.921. The Kier molecular flexibility index (Phi) is 3.40. The minimum absolute atomic E-state index is 0.0150. The lowest BCUT2D eigenvalue weighted by atomic mass is 9.90. The number of piperidine rings is 1. The van der Waals surface area contributed by atoms with Gasteiger partial charge in [0.25, 0.3) is 0 Å². The van der Waals surface area contributed by atoms with Crippen molar-refractivity contribution in [3.63, 3.8) is 0 Å². The zero-order chi connectivity index (χ0) is 9.14. The predicted molar refractivity (Wildman–Crippen MR) is 44.2 cm³/mol. The van der Waals surface area contributed by atoms with E-state index in [1.54, 1.807) is 0 Å². The molecule has 2 atom stereocenters. The molecule has 1 aliphatic rings. The molecule has 0 saturated carbocycles. The first-order valence-corrected chi connectivity index (χ1v) is 4.32. The van der Waals surface area contributed by atoms with Crippen molar-refractivity contribution in [1.82, 2.24) is 4.90 Å². The van der Waals surface area contributed by atoms with Crippen LogP contribution >= 0.6 is 0 Å². The summed E-state index contributed by atoms with van der Waals surface area (Å²) in [6, 6.07) is -0.0715. The molecule has 1 heterocycles. The van der Waals surface area contributed by atoms with Crippen molar-refractivity contribution in [2.45, 2.75) is 25.3 Å². The summed E-state index contributed by atoms with van der Waals surface area (Å²) in [7, 11) is 1.97. The molecule has 72 valence electrons. The highest BCUT2D eigenvalue weighted by Gasteiger charge is 2.26. The smallest absolute Gasteiger partial charge is 0.239 e. The molecule has 0 bridgehead atoms. The molecule has 0 aliphatic carbocycles. The molecule has 1 aliphatic heterocycles. The van der Waals surface area contributed by atoms with Gasteiger partial charge in [0, 0.05) is 19.0 Å². The van der Waals surface area contributed by atoms with Crippen molar-refractivity contribution in [3.05, 3.63) is 0 Å². The van der Waals surface area contributed by atoms with E-state index in [-0.39, 0.29) is 18.4 Å². The summed E-state index contributed by atoms with van der Waals surface area (Å²) < 4.78 is 24.0. The monoisotopic (exact) mass is 178 g/mol. The zero-order valence-corrected chi connectivity index (χ0v) is 7.34. The Balaban J connectivity index is 2.34. The lowest BCUT2D eigenvalue weighted by Gasteiger charge is -2.34. The molecule has 0 radical (unpaired) electrons. The van der Waals surface area contributed by atoms with Gasteiger partial charge in [-0.3, -0.25) is 0 Å². The van der Waals surface area contributed by atoms with Crippen LogP contribution < -0.4 is 5.73 Å². The zero-order valence-electron chi connectivity index (χ0n) is 7.34. The molecule has 0 spiro atoms. The minimum Gasteiger partial charge on any atom is -0.326 e. The van der Waals surface area contributed by atoms with E-state index < -0.39 is 6.43 Å². The average Bonchev–Trinajstić information content (AvgIpc) is 1.94. The second-order valence-electron chi connectivity index (χ2n) is 3.60. The van der Waals surface area contributed by atoms with Crippen LogP contribution in [0.15, 0.2) is 0 Å². The molecule has 2 unspecified atom stereocenters. The number of likely N-dealkylation sites (tertiary alicyclic amines) is 1. The van der Waals surface area contributed by atoms with Gasteiger partial charge in [0.1, 0.15) is 0 Å². The number of nitrogens with two attached hydrogens (primary N) is 1. The SMILES string of the molecule is CN1CCC(CC(F)F)C(N)C1.